The maximum absolute atomic E-state index is 12.6. The number of hydrogen-bond acceptors (Lipinski definition) is 6. The Hall–Kier alpha value is -2.50. The fourth-order valence-electron chi connectivity index (χ4n) is 2.59. The van der Waals surface area contributed by atoms with Gasteiger partial charge in [0.1, 0.15) is 12.5 Å². The molecule has 0 saturated carbocycles. The van der Waals surface area contributed by atoms with E-state index in [2.05, 4.69) is 9.71 Å². The molecule has 0 fully saturated rings. The van der Waals surface area contributed by atoms with Crippen molar-refractivity contribution in [3.8, 4) is 5.75 Å². The third kappa shape index (κ3) is 7.11. The molecule has 0 aliphatic heterocycles. The zero-order valence-corrected chi connectivity index (χ0v) is 17.0. The average Bonchev–Trinajstić information content (AvgIpc) is 2.62. The first kappa shape index (κ1) is 22.8. The molecule has 2 aromatic rings. The number of rotatable bonds is 11. The zero-order chi connectivity index (χ0) is 21.5. The van der Waals surface area contributed by atoms with E-state index in [0.717, 1.165) is 0 Å². The lowest BCUT2D eigenvalue weighted by atomic mass is 10.0. The molecule has 11 heteroatoms. The number of nitrogens with one attached hydrogen (secondary N) is 2. The SMILES string of the molecule is CC(C)(CCCOCn1ccc(=O)[nH]c1=O)NS(=O)(=O)c1cccc(OCF)c1. The van der Waals surface area contributed by atoms with E-state index >= 15 is 0 Å². The van der Waals surface area contributed by atoms with Gasteiger partial charge in [-0.2, -0.15) is 0 Å². The fourth-order valence-corrected chi connectivity index (χ4v) is 4.07. The van der Waals surface area contributed by atoms with E-state index < -0.39 is 33.7 Å². The van der Waals surface area contributed by atoms with Crippen molar-refractivity contribution in [2.24, 2.45) is 0 Å². The second kappa shape index (κ2) is 9.81. The maximum atomic E-state index is 12.6. The van der Waals surface area contributed by atoms with Crippen LogP contribution in [-0.4, -0.2) is 37.0 Å². The molecule has 2 N–H and O–H groups in total. The highest BCUT2D eigenvalue weighted by molar-refractivity contribution is 7.89. The van der Waals surface area contributed by atoms with Gasteiger partial charge in [0, 0.05) is 30.5 Å². The van der Waals surface area contributed by atoms with Crippen molar-refractivity contribution in [1.29, 1.82) is 0 Å². The van der Waals surface area contributed by atoms with Gasteiger partial charge in [-0.25, -0.2) is 22.3 Å². The fraction of sp³-hybridized carbons (Fsp3) is 0.444. The van der Waals surface area contributed by atoms with Crippen molar-refractivity contribution in [2.75, 3.05) is 13.5 Å². The standard InChI is InChI=1S/C18H24FN3O6S/c1-18(2,8-4-10-27-13-22-9-7-16(23)20-17(22)24)21-29(25,26)15-6-3-5-14(11-15)28-12-19/h3,5-7,9,11,21H,4,8,10,12-13H2,1-2H3,(H,20,23,24). The van der Waals surface area contributed by atoms with Crippen LogP contribution in [0.25, 0.3) is 0 Å². The maximum Gasteiger partial charge on any atom is 0.330 e. The summed E-state index contributed by atoms with van der Waals surface area (Å²) in [5, 5.41) is 0. The van der Waals surface area contributed by atoms with Crippen molar-refractivity contribution in [2.45, 2.75) is 43.9 Å². The van der Waals surface area contributed by atoms with Gasteiger partial charge < -0.3 is 9.47 Å². The van der Waals surface area contributed by atoms with Gasteiger partial charge in [-0.1, -0.05) is 6.07 Å². The quantitative estimate of drug-likeness (QED) is 0.521. The number of aromatic amines is 1. The predicted octanol–water partition coefficient (Wildman–Crippen LogP) is 1.35. The summed E-state index contributed by atoms with van der Waals surface area (Å²) in [6, 6.07) is 6.81. The van der Waals surface area contributed by atoms with Crippen LogP contribution in [0.15, 0.2) is 51.0 Å². The number of hydrogen-bond donors (Lipinski definition) is 2. The van der Waals surface area contributed by atoms with E-state index in [1.54, 1.807) is 13.8 Å². The van der Waals surface area contributed by atoms with Crippen molar-refractivity contribution in [1.82, 2.24) is 14.3 Å². The van der Waals surface area contributed by atoms with Crippen LogP contribution < -0.4 is 20.7 Å². The minimum atomic E-state index is -3.83. The number of halogens is 1. The number of nitrogens with zero attached hydrogens (tertiary/aromatic N) is 1. The van der Waals surface area contributed by atoms with Crippen LogP contribution in [0.5, 0.6) is 5.75 Å². The summed E-state index contributed by atoms with van der Waals surface area (Å²) in [5.74, 6) is 0.124. The van der Waals surface area contributed by atoms with E-state index in [-0.39, 0.29) is 24.0 Å². The predicted molar refractivity (Wildman–Crippen MR) is 104 cm³/mol. The molecule has 1 aromatic heterocycles. The second-order valence-corrected chi connectivity index (χ2v) is 8.62. The highest BCUT2D eigenvalue weighted by Crippen LogP contribution is 2.21. The van der Waals surface area contributed by atoms with Crippen LogP contribution in [0.2, 0.25) is 0 Å². The van der Waals surface area contributed by atoms with Crippen molar-refractivity contribution < 1.29 is 22.3 Å². The summed E-state index contributed by atoms with van der Waals surface area (Å²) in [4.78, 5) is 24.6. The topological polar surface area (TPSA) is 119 Å². The smallest absolute Gasteiger partial charge is 0.330 e. The van der Waals surface area contributed by atoms with Crippen LogP contribution in [0.4, 0.5) is 4.39 Å². The number of sulfonamides is 1. The Balaban J connectivity index is 1.86. The first-order chi connectivity index (χ1) is 13.6. The highest BCUT2D eigenvalue weighted by Gasteiger charge is 2.26. The van der Waals surface area contributed by atoms with E-state index in [1.807, 2.05) is 0 Å². The number of benzene rings is 1. The molecular formula is C18H24FN3O6S. The molecule has 160 valence electrons. The second-order valence-electron chi connectivity index (χ2n) is 6.94. The van der Waals surface area contributed by atoms with E-state index in [1.165, 1.54) is 41.1 Å². The minimum Gasteiger partial charge on any atom is -0.463 e. The number of aromatic nitrogens is 2. The monoisotopic (exact) mass is 429 g/mol. The molecule has 1 aromatic carbocycles. The summed E-state index contributed by atoms with van der Waals surface area (Å²) in [7, 11) is -3.83. The molecular weight excluding hydrogens is 405 g/mol. The molecule has 29 heavy (non-hydrogen) atoms. The Morgan fingerprint density at radius 3 is 2.69 bits per heavy atom. The molecule has 0 amide bonds. The summed E-state index contributed by atoms with van der Waals surface area (Å²) >= 11 is 0. The van der Waals surface area contributed by atoms with Crippen molar-refractivity contribution in [3.05, 3.63) is 57.4 Å². The van der Waals surface area contributed by atoms with E-state index in [4.69, 9.17) is 9.47 Å². The van der Waals surface area contributed by atoms with Gasteiger partial charge in [0.15, 0.2) is 0 Å². The number of alkyl halides is 1. The molecule has 0 radical (unpaired) electrons. The molecule has 0 unspecified atom stereocenters. The third-order valence-corrected chi connectivity index (χ3v) is 5.66. The molecule has 9 nitrogen and oxygen atoms in total. The number of ether oxygens (including phenoxy) is 2. The van der Waals surface area contributed by atoms with Gasteiger partial charge >= 0.3 is 5.69 Å². The van der Waals surface area contributed by atoms with Crippen LogP contribution in [0.1, 0.15) is 26.7 Å². The molecule has 0 atom stereocenters. The van der Waals surface area contributed by atoms with Crippen LogP contribution in [-0.2, 0) is 21.5 Å². The first-order valence-electron chi connectivity index (χ1n) is 8.83. The third-order valence-electron chi connectivity index (χ3n) is 3.97. The van der Waals surface area contributed by atoms with Gasteiger partial charge in [0.2, 0.25) is 16.9 Å². The molecule has 0 spiro atoms. The van der Waals surface area contributed by atoms with Crippen molar-refractivity contribution in [3.63, 3.8) is 0 Å². The van der Waals surface area contributed by atoms with Gasteiger partial charge in [-0.3, -0.25) is 14.3 Å². The van der Waals surface area contributed by atoms with Crippen molar-refractivity contribution >= 4 is 10.0 Å². The first-order valence-corrected chi connectivity index (χ1v) is 10.3. The lowest BCUT2D eigenvalue weighted by Crippen LogP contribution is -2.43. The Morgan fingerprint density at radius 2 is 2.00 bits per heavy atom. The summed E-state index contributed by atoms with van der Waals surface area (Å²) in [6.07, 6.45) is 2.33. The summed E-state index contributed by atoms with van der Waals surface area (Å²) < 4.78 is 51.4. The molecule has 2 rings (SSSR count). The summed E-state index contributed by atoms with van der Waals surface area (Å²) in [5.41, 5.74) is -1.82. The number of H-pyrrole nitrogens is 1. The highest BCUT2D eigenvalue weighted by atomic mass is 32.2. The van der Waals surface area contributed by atoms with Gasteiger partial charge in [0.05, 0.1) is 4.90 Å². The average molecular weight is 429 g/mol. The van der Waals surface area contributed by atoms with Crippen LogP contribution >= 0.6 is 0 Å². The van der Waals surface area contributed by atoms with Crippen LogP contribution in [0.3, 0.4) is 0 Å². The van der Waals surface area contributed by atoms with Gasteiger partial charge in [0.25, 0.3) is 5.56 Å². The van der Waals surface area contributed by atoms with E-state index in [0.29, 0.717) is 12.8 Å². The molecule has 0 bridgehead atoms. The molecule has 0 saturated heterocycles. The van der Waals surface area contributed by atoms with Crippen LogP contribution in [0, 0.1) is 0 Å². The lowest BCUT2D eigenvalue weighted by molar-refractivity contribution is 0.0680. The normalized spacial score (nSPS) is 12.1. The largest absolute Gasteiger partial charge is 0.463 e. The molecule has 0 aliphatic carbocycles. The lowest BCUT2D eigenvalue weighted by Gasteiger charge is -2.26. The Morgan fingerprint density at radius 1 is 1.24 bits per heavy atom. The van der Waals surface area contributed by atoms with Gasteiger partial charge in [-0.15, -0.1) is 0 Å². The zero-order valence-electron chi connectivity index (χ0n) is 16.2. The Kier molecular flexibility index (Phi) is 7.71. The Bertz CT molecular complexity index is 1030. The minimum absolute atomic E-state index is 0.0229. The summed E-state index contributed by atoms with van der Waals surface area (Å²) in [6.45, 7) is 2.69. The van der Waals surface area contributed by atoms with Gasteiger partial charge in [-0.05, 0) is 38.8 Å². The van der Waals surface area contributed by atoms with E-state index in [9.17, 15) is 22.4 Å². The molecule has 0 aliphatic rings. The molecule has 1 heterocycles. The Labute approximate surface area is 167 Å².